The van der Waals surface area contributed by atoms with E-state index >= 15 is 0 Å². The van der Waals surface area contributed by atoms with Crippen LogP contribution in [-0.2, 0) is 17.6 Å². The molecule has 1 atom stereocenters. The monoisotopic (exact) mass is 296 g/mol. The minimum atomic E-state index is 0.217. The van der Waals surface area contributed by atoms with Crippen LogP contribution in [0.2, 0.25) is 0 Å². The van der Waals surface area contributed by atoms with Crippen LogP contribution in [0.3, 0.4) is 0 Å². The van der Waals surface area contributed by atoms with Crippen molar-refractivity contribution in [1.82, 2.24) is 10.2 Å². The van der Waals surface area contributed by atoms with Gasteiger partial charge in [-0.3, -0.25) is 0 Å². The number of aryl methyl sites for hydroxylation is 1. The van der Waals surface area contributed by atoms with Crippen molar-refractivity contribution in [1.29, 1.82) is 0 Å². The molecule has 0 saturated carbocycles. The molecule has 0 aliphatic heterocycles. The largest absolute Gasteiger partial charge is 0.389 e. The van der Waals surface area contributed by atoms with Gasteiger partial charge >= 0.3 is 0 Å². The van der Waals surface area contributed by atoms with E-state index in [4.69, 9.17) is 22.7 Å². The number of aromatic nitrogens is 2. The number of nitrogens with zero attached hydrogens (tertiary/aromatic N) is 2. The SMILES string of the molecule is CCc1nnc(NC(C)CCOC)c(C(N)=S)c1CC. The maximum atomic E-state index is 5.89. The maximum absolute atomic E-state index is 5.89. The van der Waals surface area contributed by atoms with Crippen molar-refractivity contribution in [3.63, 3.8) is 0 Å². The lowest BCUT2D eigenvalue weighted by Crippen LogP contribution is -2.24. The number of rotatable bonds is 8. The first-order valence-electron chi connectivity index (χ1n) is 6.98. The minimum absolute atomic E-state index is 0.217. The molecule has 1 unspecified atom stereocenters. The summed E-state index contributed by atoms with van der Waals surface area (Å²) in [6.45, 7) is 6.90. The molecule has 0 aliphatic rings. The van der Waals surface area contributed by atoms with E-state index in [1.54, 1.807) is 7.11 Å². The van der Waals surface area contributed by atoms with Gasteiger partial charge in [-0.2, -0.15) is 5.10 Å². The summed E-state index contributed by atoms with van der Waals surface area (Å²) in [5.74, 6) is 0.676. The first-order valence-corrected chi connectivity index (χ1v) is 7.39. The molecule has 0 spiro atoms. The van der Waals surface area contributed by atoms with Crippen molar-refractivity contribution in [2.75, 3.05) is 19.0 Å². The van der Waals surface area contributed by atoms with E-state index in [1.165, 1.54) is 0 Å². The number of hydrogen-bond donors (Lipinski definition) is 2. The molecular formula is C14H24N4OS. The van der Waals surface area contributed by atoms with Crippen LogP contribution in [0, 0.1) is 0 Å². The molecule has 0 radical (unpaired) electrons. The van der Waals surface area contributed by atoms with Crippen molar-refractivity contribution >= 4 is 23.0 Å². The van der Waals surface area contributed by atoms with E-state index < -0.39 is 0 Å². The second kappa shape index (κ2) is 8.11. The van der Waals surface area contributed by atoms with Gasteiger partial charge in [0.2, 0.25) is 0 Å². The average molecular weight is 296 g/mol. The lowest BCUT2D eigenvalue weighted by molar-refractivity contribution is 0.191. The predicted octanol–water partition coefficient (Wildman–Crippen LogP) is 2.07. The molecule has 1 aromatic heterocycles. The fourth-order valence-electron chi connectivity index (χ4n) is 2.14. The fraction of sp³-hybridized carbons (Fsp3) is 0.643. The van der Waals surface area contributed by atoms with Gasteiger partial charge in [-0.1, -0.05) is 26.1 Å². The van der Waals surface area contributed by atoms with Gasteiger partial charge in [-0.25, -0.2) is 0 Å². The van der Waals surface area contributed by atoms with Gasteiger partial charge in [0.05, 0.1) is 11.3 Å². The Morgan fingerprint density at radius 3 is 2.55 bits per heavy atom. The second-order valence-corrected chi connectivity index (χ2v) is 5.19. The Balaban J connectivity index is 3.09. The molecule has 112 valence electrons. The first kappa shape index (κ1) is 16.8. The van der Waals surface area contributed by atoms with Gasteiger partial charge in [0.25, 0.3) is 0 Å². The Bertz CT molecular complexity index is 465. The molecule has 1 aromatic rings. The highest BCUT2D eigenvalue weighted by atomic mass is 32.1. The number of nitrogens with one attached hydrogen (secondary N) is 1. The van der Waals surface area contributed by atoms with E-state index in [0.29, 0.717) is 17.4 Å². The quantitative estimate of drug-likeness (QED) is 0.716. The molecule has 1 heterocycles. The molecule has 20 heavy (non-hydrogen) atoms. The zero-order valence-corrected chi connectivity index (χ0v) is 13.5. The summed E-state index contributed by atoms with van der Waals surface area (Å²) in [5, 5.41) is 11.9. The van der Waals surface area contributed by atoms with Crippen molar-refractivity contribution in [3.05, 3.63) is 16.8 Å². The number of hydrogen-bond acceptors (Lipinski definition) is 5. The average Bonchev–Trinajstić information content (AvgIpc) is 2.43. The van der Waals surface area contributed by atoms with Crippen molar-refractivity contribution < 1.29 is 4.74 Å². The van der Waals surface area contributed by atoms with E-state index in [2.05, 4.69) is 36.3 Å². The normalized spacial score (nSPS) is 12.2. The summed E-state index contributed by atoms with van der Waals surface area (Å²) in [5.41, 5.74) is 8.78. The fourth-order valence-corrected chi connectivity index (χ4v) is 2.36. The Kier molecular flexibility index (Phi) is 6.81. The van der Waals surface area contributed by atoms with Crippen LogP contribution >= 0.6 is 12.2 Å². The molecule has 1 rings (SSSR count). The minimum Gasteiger partial charge on any atom is -0.389 e. The molecule has 0 fully saturated rings. The van der Waals surface area contributed by atoms with Crippen molar-refractivity contribution in [2.45, 2.75) is 46.1 Å². The molecule has 0 aromatic carbocycles. The molecule has 0 amide bonds. The maximum Gasteiger partial charge on any atom is 0.159 e. The first-order chi connectivity index (χ1) is 9.54. The van der Waals surface area contributed by atoms with Gasteiger partial charge in [0.1, 0.15) is 4.99 Å². The van der Waals surface area contributed by atoms with Gasteiger partial charge < -0.3 is 15.8 Å². The zero-order chi connectivity index (χ0) is 15.1. The standard InChI is InChI=1S/C14H24N4OS/c1-5-10-11(6-2)17-18-14(12(10)13(15)20)16-9(3)7-8-19-4/h9H,5-8H2,1-4H3,(H2,15,20)(H,16,18). The van der Waals surface area contributed by atoms with E-state index in [-0.39, 0.29) is 6.04 Å². The summed E-state index contributed by atoms with van der Waals surface area (Å²) < 4.78 is 5.08. The van der Waals surface area contributed by atoms with Gasteiger partial charge in [0, 0.05) is 19.8 Å². The number of thiocarbonyl (C=S) groups is 1. The number of ether oxygens (including phenoxy) is 1. The molecule has 5 nitrogen and oxygen atoms in total. The highest BCUT2D eigenvalue weighted by Gasteiger charge is 2.17. The van der Waals surface area contributed by atoms with Gasteiger partial charge in [-0.05, 0) is 31.7 Å². The zero-order valence-electron chi connectivity index (χ0n) is 12.7. The van der Waals surface area contributed by atoms with E-state index in [1.807, 2.05) is 0 Å². The lowest BCUT2D eigenvalue weighted by Gasteiger charge is -2.19. The molecular weight excluding hydrogens is 272 g/mol. The van der Waals surface area contributed by atoms with Crippen LogP contribution in [0.5, 0.6) is 0 Å². The van der Waals surface area contributed by atoms with Crippen molar-refractivity contribution in [3.8, 4) is 0 Å². The third kappa shape index (κ3) is 4.11. The van der Waals surface area contributed by atoms with E-state index in [0.717, 1.165) is 36.1 Å². The summed E-state index contributed by atoms with van der Waals surface area (Å²) in [6, 6.07) is 0.217. The highest BCUT2D eigenvalue weighted by Crippen LogP contribution is 2.21. The molecule has 3 N–H and O–H groups in total. The third-order valence-corrected chi connectivity index (χ3v) is 3.43. The summed E-state index contributed by atoms with van der Waals surface area (Å²) >= 11 is 5.20. The van der Waals surface area contributed by atoms with Crippen LogP contribution in [-0.4, -0.2) is 34.9 Å². The van der Waals surface area contributed by atoms with E-state index in [9.17, 15) is 0 Å². The van der Waals surface area contributed by atoms with Crippen LogP contribution in [0.15, 0.2) is 0 Å². The number of anilines is 1. The molecule has 0 saturated heterocycles. The molecule has 0 aliphatic carbocycles. The van der Waals surface area contributed by atoms with Crippen LogP contribution < -0.4 is 11.1 Å². The number of methoxy groups -OCH3 is 1. The van der Waals surface area contributed by atoms with Crippen LogP contribution in [0.1, 0.15) is 44.0 Å². The van der Waals surface area contributed by atoms with Gasteiger partial charge in [0.15, 0.2) is 5.82 Å². The Morgan fingerprint density at radius 2 is 2.05 bits per heavy atom. The smallest absolute Gasteiger partial charge is 0.159 e. The Labute approximate surface area is 126 Å². The van der Waals surface area contributed by atoms with Gasteiger partial charge in [-0.15, -0.1) is 5.10 Å². The van der Waals surface area contributed by atoms with Crippen LogP contribution in [0.25, 0.3) is 0 Å². The predicted molar refractivity (Wildman–Crippen MR) is 86.3 cm³/mol. The summed E-state index contributed by atoms with van der Waals surface area (Å²) in [4.78, 5) is 0.368. The van der Waals surface area contributed by atoms with Crippen molar-refractivity contribution in [2.24, 2.45) is 5.73 Å². The molecule has 0 bridgehead atoms. The summed E-state index contributed by atoms with van der Waals surface area (Å²) in [7, 11) is 1.69. The highest BCUT2D eigenvalue weighted by molar-refractivity contribution is 7.80. The summed E-state index contributed by atoms with van der Waals surface area (Å²) in [6.07, 6.45) is 2.55. The second-order valence-electron chi connectivity index (χ2n) is 4.75. The third-order valence-electron chi connectivity index (χ3n) is 3.23. The topological polar surface area (TPSA) is 73.1 Å². The Morgan fingerprint density at radius 1 is 1.35 bits per heavy atom. The number of nitrogens with two attached hydrogens (primary N) is 1. The Hall–Kier alpha value is -1.27. The lowest BCUT2D eigenvalue weighted by atomic mass is 10.0. The van der Waals surface area contributed by atoms with Crippen LogP contribution in [0.4, 0.5) is 5.82 Å². The molecule has 6 heteroatoms.